The van der Waals surface area contributed by atoms with E-state index in [1.54, 1.807) is 13.8 Å². The van der Waals surface area contributed by atoms with Crippen LogP contribution in [-0.2, 0) is 14.8 Å². The summed E-state index contributed by atoms with van der Waals surface area (Å²) in [6.45, 7) is 3.72. The molecule has 1 aliphatic rings. The molecule has 0 bridgehead atoms. The number of aliphatic carboxylic acids is 1. The minimum absolute atomic E-state index is 0.0167. The summed E-state index contributed by atoms with van der Waals surface area (Å²) < 4.78 is 26.4. The molecule has 2 heterocycles. The third-order valence-electron chi connectivity index (χ3n) is 3.72. The molecule has 0 spiro atoms. The molecule has 1 saturated heterocycles. The average molecular weight is 328 g/mol. The van der Waals surface area contributed by atoms with Gasteiger partial charge in [0, 0.05) is 6.54 Å². The van der Waals surface area contributed by atoms with Gasteiger partial charge in [0.2, 0.25) is 0 Å². The molecule has 1 aromatic rings. The number of carboxylic acid groups (broad SMARTS) is 1. The van der Waals surface area contributed by atoms with Crippen LogP contribution in [0.4, 0.5) is 0 Å². The fourth-order valence-electron chi connectivity index (χ4n) is 2.70. The van der Waals surface area contributed by atoms with E-state index in [0.717, 1.165) is 15.6 Å². The summed E-state index contributed by atoms with van der Waals surface area (Å²) in [5.41, 5.74) is -0.632. The van der Waals surface area contributed by atoms with Crippen LogP contribution in [0.5, 0.6) is 0 Å². The molecule has 0 aliphatic carbocycles. The number of carbonyl (C=O) groups is 1. The number of thiophene rings is 1. The van der Waals surface area contributed by atoms with Crippen molar-refractivity contribution in [1.82, 2.24) is 4.31 Å². The SMILES string of the molecule is CC1(C)CCCN(S(=O)(=O)c2ccc(C#N)s2)C1C(=O)O. The number of rotatable bonds is 3. The van der Waals surface area contributed by atoms with Crippen molar-refractivity contribution in [1.29, 1.82) is 5.26 Å². The number of nitriles is 1. The van der Waals surface area contributed by atoms with Crippen LogP contribution in [0, 0.1) is 16.7 Å². The molecule has 1 unspecified atom stereocenters. The first kappa shape index (κ1) is 15.9. The summed E-state index contributed by atoms with van der Waals surface area (Å²) in [4.78, 5) is 11.9. The lowest BCUT2D eigenvalue weighted by molar-refractivity contribution is -0.147. The van der Waals surface area contributed by atoms with Gasteiger partial charge in [0.15, 0.2) is 0 Å². The lowest BCUT2D eigenvalue weighted by Gasteiger charge is -2.42. The van der Waals surface area contributed by atoms with Crippen molar-refractivity contribution in [3.05, 3.63) is 17.0 Å². The summed E-state index contributed by atoms with van der Waals surface area (Å²) in [6, 6.07) is 3.59. The molecular weight excluding hydrogens is 312 g/mol. The van der Waals surface area contributed by atoms with Crippen molar-refractivity contribution in [3.8, 4) is 6.07 Å². The van der Waals surface area contributed by atoms with Crippen molar-refractivity contribution >= 4 is 27.3 Å². The van der Waals surface area contributed by atoms with E-state index in [1.807, 2.05) is 6.07 Å². The lowest BCUT2D eigenvalue weighted by atomic mass is 9.77. The molecule has 1 fully saturated rings. The summed E-state index contributed by atoms with van der Waals surface area (Å²) in [5, 5.41) is 18.3. The number of carboxylic acids is 1. The van der Waals surface area contributed by atoms with Crippen LogP contribution in [0.25, 0.3) is 0 Å². The number of sulfonamides is 1. The molecule has 1 N–H and O–H groups in total. The van der Waals surface area contributed by atoms with Crippen LogP contribution >= 0.6 is 11.3 Å². The second-order valence-corrected chi connectivity index (χ2v) is 8.88. The summed E-state index contributed by atoms with van der Waals surface area (Å²) in [7, 11) is -3.90. The topological polar surface area (TPSA) is 98.5 Å². The Balaban J connectivity index is 2.47. The molecule has 1 aromatic heterocycles. The van der Waals surface area contributed by atoms with Crippen LogP contribution in [-0.4, -0.2) is 36.4 Å². The third-order valence-corrected chi connectivity index (χ3v) is 7.04. The molecule has 6 nitrogen and oxygen atoms in total. The normalized spacial score (nSPS) is 22.6. The molecule has 8 heteroatoms. The Kier molecular flexibility index (Phi) is 4.10. The molecule has 1 aliphatic heterocycles. The second kappa shape index (κ2) is 5.40. The maximum Gasteiger partial charge on any atom is 0.322 e. The van der Waals surface area contributed by atoms with Crippen molar-refractivity contribution in [2.75, 3.05) is 6.54 Å². The molecule has 21 heavy (non-hydrogen) atoms. The van der Waals surface area contributed by atoms with Crippen LogP contribution < -0.4 is 0 Å². The van der Waals surface area contributed by atoms with Gasteiger partial charge in [0.25, 0.3) is 10.0 Å². The Hall–Kier alpha value is -1.43. The molecule has 2 rings (SSSR count). The van der Waals surface area contributed by atoms with E-state index in [1.165, 1.54) is 12.1 Å². The van der Waals surface area contributed by atoms with E-state index < -0.39 is 27.4 Å². The fraction of sp³-hybridized carbons (Fsp3) is 0.538. The second-order valence-electron chi connectivity index (χ2n) is 5.68. The van der Waals surface area contributed by atoms with Crippen molar-refractivity contribution in [2.45, 2.75) is 36.9 Å². The van der Waals surface area contributed by atoms with E-state index in [0.29, 0.717) is 12.8 Å². The molecule has 0 radical (unpaired) electrons. The minimum atomic E-state index is -3.90. The first-order valence-electron chi connectivity index (χ1n) is 6.45. The zero-order valence-electron chi connectivity index (χ0n) is 11.7. The van der Waals surface area contributed by atoms with Gasteiger partial charge in [0.05, 0.1) is 0 Å². The van der Waals surface area contributed by atoms with Gasteiger partial charge < -0.3 is 5.11 Å². The van der Waals surface area contributed by atoms with Gasteiger partial charge in [-0.25, -0.2) is 8.42 Å². The highest BCUT2D eigenvalue weighted by atomic mass is 32.2. The standard InChI is InChI=1S/C13H16N2O4S2/c1-13(2)6-3-7-15(11(13)12(16)17)21(18,19)10-5-4-9(8-14)20-10/h4-5,11H,3,6-7H2,1-2H3,(H,16,17). The Morgan fingerprint density at radius 2 is 2.19 bits per heavy atom. The van der Waals surface area contributed by atoms with E-state index in [-0.39, 0.29) is 15.6 Å². The molecule has 114 valence electrons. The van der Waals surface area contributed by atoms with Gasteiger partial charge in [-0.3, -0.25) is 4.79 Å². The van der Waals surface area contributed by atoms with Crippen LogP contribution in [0.1, 0.15) is 31.6 Å². The van der Waals surface area contributed by atoms with Gasteiger partial charge in [-0.1, -0.05) is 13.8 Å². The highest BCUT2D eigenvalue weighted by molar-refractivity contribution is 7.91. The highest BCUT2D eigenvalue weighted by Crippen LogP contribution is 2.39. The lowest BCUT2D eigenvalue weighted by Crippen LogP contribution is -2.56. The van der Waals surface area contributed by atoms with Gasteiger partial charge in [0.1, 0.15) is 21.2 Å². The smallest absolute Gasteiger partial charge is 0.322 e. The van der Waals surface area contributed by atoms with E-state index >= 15 is 0 Å². The minimum Gasteiger partial charge on any atom is -0.480 e. The maximum absolute atomic E-state index is 12.7. The number of hydrogen-bond donors (Lipinski definition) is 1. The Morgan fingerprint density at radius 1 is 1.52 bits per heavy atom. The van der Waals surface area contributed by atoms with Gasteiger partial charge >= 0.3 is 5.97 Å². The zero-order chi connectivity index (χ0) is 15.8. The van der Waals surface area contributed by atoms with Crippen LogP contribution in [0.3, 0.4) is 0 Å². The van der Waals surface area contributed by atoms with Gasteiger partial charge in [-0.2, -0.15) is 9.57 Å². The van der Waals surface area contributed by atoms with Crippen molar-refractivity contribution in [3.63, 3.8) is 0 Å². The summed E-state index contributed by atoms with van der Waals surface area (Å²) in [6.07, 6.45) is 1.27. The predicted octanol–water partition coefficient (Wildman–Crippen LogP) is 1.88. The number of piperidine rings is 1. The predicted molar refractivity (Wildman–Crippen MR) is 77.4 cm³/mol. The average Bonchev–Trinajstić information content (AvgIpc) is 2.86. The molecule has 0 saturated carbocycles. The molecular formula is C13H16N2O4S2. The van der Waals surface area contributed by atoms with E-state index in [4.69, 9.17) is 5.26 Å². The van der Waals surface area contributed by atoms with Gasteiger partial charge in [-0.15, -0.1) is 11.3 Å². The van der Waals surface area contributed by atoms with E-state index in [2.05, 4.69) is 0 Å². The first-order chi connectivity index (χ1) is 9.70. The Morgan fingerprint density at radius 3 is 2.71 bits per heavy atom. The van der Waals surface area contributed by atoms with Crippen LogP contribution in [0.15, 0.2) is 16.3 Å². The largest absolute Gasteiger partial charge is 0.480 e. The van der Waals surface area contributed by atoms with Gasteiger partial charge in [-0.05, 0) is 30.4 Å². The molecule has 0 amide bonds. The van der Waals surface area contributed by atoms with Crippen molar-refractivity contribution < 1.29 is 18.3 Å². The summed E-state index contributed by atoms with van der Waals surface area (Å²) >= 11 is 0.864. The fourth-order valence-corrected chi connectivity index (χ4v) is 5.70. The third kappa shape index (κ3) is 2.81. The quantitative estimate of drug-likeness (QED) is 0.913. The highest BCUT2D eigenvalue weighted by Gasteiger charge is 2.48. The zero-order valence-corrected chi connectivity index (χ0v) is 13.4. The number of hydrogen-bond acceptors (Lipinski definition) is 5. The number of nitrogens with zero attached hydrogens (tertiary/aromatic N) is 2. The molecule has 1 atom stereocenters. The monoisotopic (exact) mass is 328 g/mol. The van der Waals surface area contributed by atoms with E-state index in [9.17, 15) is 18.3 Å². The first-order valence-corrected chi connectivity index (χ1v) is 8.70. The van der Waals surface area contributed by atoms with Crippen molar-refractivity contribution in [2.24, 2.45) is 5.41 Å². The van der Waals surface area contributed by atoms with Crippen LogP contribution in [0.2, 0.25) is 0 Å². The Labute approximate surface area is 127 Å². The Bertz CT molecular complexity index is 700. The molecule has 0 aromatic carbocycles. The summed E-state index contributed by atoms with van der Waals surface area (Å²) in [5.74, 6) is -1.14. The maximum atomic E-state index is 12.7.